The monoisotopic (exact) mass is 442 g/mol. The molecule has 0 amide bonds. The van der Waals surface area contributed by atoms with Gasteiger partial charge in [0.05, 0.1) is 12.2 Å². The lowest BCUT2D eigenvalue weighted by atomic mass is 9.95. The molecule has 186 valence electrons. The second-order valence-corrected chi connectivity index (χ2v) is 10.2. The van der Waals surface area contributed by atoms with Crippen LogP contribution in [0.25, 0.3) is 0 Å². The topological polar surface area (TPSA) is 58.9 Å². The highest BCUT2D eigenvalue weighted by Crippen LogP contribution is 2.34. The average Bonchev–Trinajstić information content (AvgIpc) is 3.07. The highest BCUT2D eigenvalue weighted by Gasteiger charge is 2.47. The Kier molecular flexibility index (Phi) is 16.1. The van der Waals surface area contributed by atoms with E-state index >= 15 is 0 Å². The number of rotatable bonds is 20. The van der Waals surface area contributed by atoms with Crippen molar-refractivity contribution >= 4 is 0 Å². The fraction of sp³-hybridized carbons (Fsp3) is 1.00. The second kappa shape index (κ2) is 17.3. The molecule has 0 aliphatic carbocycles. The van der Waals surface area contributed by atoms with Crippen LogP contribution in [0.2, 0.25) is 0 Å². The van der Waals surface area contributed by atoms with Crippen LogP contribution in [-0.2, 0) is 9.47 Å². The normalized spacial score (nSPS) is 22.6. The third-order valence-corrected chi connectivity index (χ3v) is 6.63. The second-order valence-electron chi connectivity index (χ2n) is 10.2. The van der Waals surface area contributed by atoms with Crippen LogP contribution < -0.4 is 0 Å². The van der Waals surface area contributed by atoms with Crippen molar-refractivity contribution in [2.45, 2.75) is 173 Å². The van der Waals surface area contributed by atoms with E-state index in [0.29, 0.717) is 0 Å². The van der Waals surface area contributed by atoms with Gasteiger partial charge in [-0.05, 0) is 26.7 Å². The molecule has 0 aromatic rings. The summed E-state index contributed by atoms with van der Waals surface area (Å²) in [5.41, 5.74) is 0. The molecule has 1 aliphatic heterocycles. The lowest BCUT2D eigenvalue weighted by Gasteiger charge is -2.26. The van der Waals surface area contributed by atoms with Gasteiger partial charge < -0.3 is 19.7 Å². The molecule has 4 atom stereocenters. The van der Waals surface area contributed by atoms with Crippen LogP contribution in [0.5, 0.6) is 0 Å². The van der Waals surface area contributed by atoms with Crippen LogP contribution in [0.1, 0.15) is 143 Å². The summed E-state index contributed by atoms with van der Waals surface area (Å²) in [6, 6.07) is 0. The fourth-order valence-electron chi connectivity index (χ4n) is 4.72. The first-order valence-electron chi connectivity index (χ1n) is 13.6. The van der Waals surface area contributed by atoms with Crippen molar-refractivity contribution in [3.05, 3.63) is 0 Å². The lowest BCUT2D eigenvalue weighted by molar-refractivity contribution is -0.161. The smallest absolute Gasteiger partial charge is 0.164 e. The van der Waals surface area contributed by atoms with Crippen LogP contribution in [0.15, 0.2) is 0 Å². The summed E-state index contributed by atoms with van der Waals surface area (Å²) >= 11 is 0. The zero-order valence-corrected chi connectivity index (χ0v) is 21.2. The summed E-state index contributed by atoms with van der Waals surface area (Å²) in [5, 5.41) is 21.5. The molecule has 1 rings (SSSR count). The predicted molar refractivity (Wildman–Crippen MR) is 130 cm³/mol. The molecule has 1 aliphatic rings. The molecule has 0 saturated carbocycles. The Balaban J connectivity index is 2.26. The molecule has 31 heavy (non-hydrogen) atoms. The molecule has 0 bridgehead atoms. The first kappa shape index (κ1) is 28.9. The molecule has 0 aromatic heterocycles. The number of aliphatic hydroxyl groups is 2. The Morgan fingerprint density at radius 3 is 1.16 bits per heavy atom. The highest BCUT2D eigenvalue weighted by molar-refractivity contribution is 4.90. The third-order valence-electron chi connectivity index (χ3n) is 6.63. The summed E-state index contributed by atoms with van der Waals surface area (Å²) in [4.78, 5) is 0. The van der Waals surface area contributed by atoms with Gasteiger partial charge >= 0.3 is 0 Å². The molecule has 1 saturated heterocycles. The van der Waals surface area contributed by atoms with E-state index < -0.39 is 30.2 Å². The predicted octanol–water partition coefficient (Wildman–Crippen LogP) is 7.29. The Morgan fingerprint density at radius 2 is 0.839 bits per heavy atom. The van der Waals surface area contributed by atoms with Gasteiger partial charge in [-0.1, -0.05) is 117 Å². The van der Waals surface area contributed by atoms with Gasteiger partial charge in [-0.15, -0.1) is 0 Å². The number of unbranched alkanes of at least 4 members (excludes halogenated alkanes) is 14. The number of hydrogen-bond acceptors (Lipinski definition) is 4. The van der Waals surface area contributed by atoms with E-state index in [2.05, 4.69) is 13.8 Å². The average molecular weight is 443 g/mol. The van der Waals surface area contributed by atoms with Crippen LogP contribution in [0.3, 0.4) is 0 Å². The fourth-order valence-corrected chi connectivity index (χ4v) is 4.72. The van der Waals surface area contributed by atoms with Crippen LogP contribution in [-0.4, -0.2) is 40.4 Å². The van der Waals surface area contributed by atoms with E-state index in [4.69, 9.17) is 9.47 Å². The molecule has 0 spiro atoms. The number of ether oxygens (including phenoxy) is 2. The first-order valence-corrected chi connectivity index (χ1v) is 13.6. The zero-order valence-electron chi connectivity index (χ0n) is 21.2. The Morgan fingerprint density at radius 1 is 0.548 bits per heavy atom. The van der Waals surface area contributed by atoms with Crippen molar-refractivity contribution in [2.75, 3.05) is 0 Å². The molecule has 4 nitrogen and oxygen atoms in total. The molecular weight excluding hydrogens is 388 g/mol. The van der Waals surface area contributed by atoms with Crippen molar-refractivity contribution in [1.82, 2.24) is 0 Å². The van der Waals surface area contributed by atoms with E-state index in [1.54, 1.807) is 0 Å². The maximum atomic E-state index is 10.8. The van der Waals surface area contributed by atoms with Gasteiger partial charge in [0, 0.05) is 0 Å². The minimum atomic E-state index is -0.740. The van der Waals surface area contributed by atoms with E-state index in [0.717, 1.165) is 38.5 Å². The molecule has 2 N–H and O–H groups in total. The molecule has 0 aromatic carbocycles. The van der Waals surface area contributed by atoms with Crippen LogP contribution in [0, 0.1) is 0 Å². The highest BCUT2D eigenvalue weighted by atomic mass is 16.8. The molecule has 0 radical (unpaired) electrons. The third kappa shape index (κ3) is 13.2. The number of hydrogen-bond donors (Lipinski definition) is 2. The Labute approximate surface area is 193 Å². The van der Waals surface area contributed by atoms with Gasteiger partial charge in [0.2, 0.25) is 0 Å². The van der Waals surface area contributed by atoms with E-state index in [1.807, 2.05) is 13.8 Å². The van der Waals surface area contributed by atoms with Crippen molar-refractivity contribution < 1.29 is 19.7 Å². The summed E-state index contributed by atoms with van der Waals surface area (Å²) in [6.45, 7) is 8.26. The minimum Gasteiger partial charge on any atom is -0.390 e. The maximum absolute atomic E-state index is 10.8. The first-order chi connectivity index (χ1) is 14.9. The van der Waals surface area contributed by atoms with Crippen molar-refractivity contribution in [1.29, 1.82) is 0 Å². The summed E-state index contributed by atoms with van der Waals surface area (Å²) in [5.74, 6) is -0.740. The van der Waals surface area contributed by atoms with Gasteiger partial charge in [-0.2, -0.15) is 0 Å². The van der Waals surface area contributed by atoms with Gasteiger partial charge in [0.25, 0.3) is 0 Å². The molecule has 4 heteroatoms. The quantitative estimate of drug-likeness (QED) is 0.194. The Bertz CT molecular complexity index is 376. The number of aliphatic hydroxyl groups excluding tert-OH is 2. The van der Waals surface area contributed by atoms with Gasteiger partial charge in [0.15, 0.2) is 5.79 Å². The van der Waals surface area contributed by atoms with Gasteiger partial charge in [0.1, 0.15) is 12.2 Å². The lowest BCUT2D eigenvalue weighted by Crippen LogP contribution is -2.42. The SMILES string of the molecule is CCCCCCCCCC[C@@H](O)[C@@H]1OC(C)(C)O[C@H]1[C@H](O)CCCCCCCCCC. The zero-order chi connectivity index (χ0) is 23.0. The van der Waals surface area contributed by atoms with Crippen molar-refractivity contribution in [2.24, 2.45) is 0 Å². The summed E-state index contributed by atoms with van der Waals surface area (Å²) in [7, 11) is 0. The van der Waals surface area contributed by atoms with E-state index in [-0.39, 0.29) is 0 Å². The molecular formula is C27H54O4. The maximum Gasteiger partial charge on any atom is 0.164 e. The summed E-state index contributed by atoms with van der Waals surface area (Å²) < 4.78 is 12.0. The van der Waals surface area contributed by atoms with Crippen LogP contribution in [0.4, 0.5) is 0 Å². The summed E-state index contributed by atoms with van der Waals surface area (Å²) in [6.07, 6.45) is 19.5. The van der Waals surface area contributed by atoms with Crippen molar-refractivity contribution in [3.63, 3.8) is 0 Å². The van der Waals surface area contributed by atoms with Crippen molar-refractivity contribution in [3.8, 4) is 0 Å². The van der Waals surface area contributed by atoms with E-state index in [1.165, 1.54) is 77.0 Å². The van der Waals surface area contributed by atoms with Gasteiger partial charge in [-0.25, -0.2) is 0 Å². The minimum absolute atomic E-state index is 0.427. The van der Waals surface area contributed by atoms with Gasteiger partial charge in [-0.3, -0.25) is 0 Å². The molecule has 1 fully saturated rings. The van der Waals surface area contributed by atoms with E-state index in [9.17, 15) is 10.2 Å². The largest absolute Gasteiger partial charge is 0.390 e. The standard InChI is InChI=1S/C27H54O4/c1-5-7-9-11-13-15-17-19-21-23(28)25-26(31-27(3,4)30-25)24(29)22-20-18-16-14-12-10-8-6-2/h23-26,28-29H,5-22H2,1-4H3/t23-,24-,25+,26+/m1/s1. The molecule has 0 unspecified atom stereocenters. The molecule has 1 heterocycles. The van der Waals surface area contributed by atoms with Crippen LogP contribution >= 0.6 is 0 Å². The Hall–Kier alpha value is -0.160.